The van der Waals surface area contributed by atoms with Crippen LogP contribution in [0.15, 0.2) is 36.4 Å². The van der Waals surface area contributed by atoms with E-state index in [9.17, 15) is 17.6 Å². The van der Waals surface area contributed by atoms with Crippen LogP contribution in [-0.4, -0.2) is 19.9 Å². The largest absolute Gasteiger partial charge is 0.490 e. The first-order chi connectivity index (χ1) is 13.1. The number of hydrogen-bond donors (Lipinski definition) is 0. The molecule has 0 heterocycles. The number of halogens is 4. The summed E-state index contributed by atoms with van der Waals surface area (Å²) in [4.78, 5) is 0. The minimum Gasteiger partial charge on any atom is -0.490 e. The molecule has 2 aromatic rings. The molecule has 1 aliphatic carbocycles. The van der Waals surface area contributed by atoms with Crippen LogP contribution in [-0.2, 0) is 0 Å². The summed E-state index contributed by atoms with van der Waals surface area (Å²) in [7, 11) is 0. The molecule has 0 atom stereocenters. The van der Waals surface area contributed by atoms with Gasteiger partial charge in [0.25, 0.3) is 0 Å². The highest BCUT2D eigenvalue weighted by Gasteiger charge is 2.27. The minimum atomic E-state index is -2.87. The van der Waals surface area contributed by atoms with Gasteiger partial charge in [-0.1, -0.05) is 11.8 Å². The Morgan fingerprint density at radius 1 is 1.00 bits per heavy atom. The monoisotopic (exact) mass is 378 g/mol. The van der Waals surface area contributed by atoms with Crippen molar-refractivity contribution in [2.45, 2.75) is 31.8 Å². The molecule has 1 aliphatic rings. The van der Waals surface area contributed by atoms with Gasteiger partial charge in [-0.2, -0.15) is 8.78 Å². The van der Waals surface area contributed by atoms with E-state index in [0.717, 1.165) is 18.4 Å². The van der Waals surface area contributed by atoms with Crippen molar-refractivity contribution in [1.82, 2.24) is 0 Å². The molecule has 6 heteroatoms. The van der Waals surface area contributed by atoms with Crippen LogP contribution in [0.25, 0.3) is 0 Å². The predicted molar refractivity (Wildman–Crippen MR) is 93.5 cm³/mol. The molecule has 3 rings (SSSR count). The second-order valence-electron chi connectivity index (χ2n) is 6.19. The Balaban J connectivity index is 1.79. The van der Waals surface area contributed by atoms with E-state index in [1.165, 1.54) is 24.3 Å². The standard InChI is InChI=1S/C21H18F4O2/c22-10-1-11-26-20-13-15(4-8-18(20)23)3-2-14-5-9-19(27-21(24)25)17(12-14)16-6-7-16/h4-5,8-9,12-13,16,21H,1,6-7,10-11H2. The zero-order valence-electron chi connectivity index (χ0n) is 14.5. The molecule has 1 fully saturated rings. The maximum Gasteiger partial charge on any atom is 0.387 e. The molecule has 1 saturated carbocycles. The third kappa shape index (κ3) is 5.40. The molecule has 27 heavy (non-hydrogen) atoms. The van der Waals surface area contributed by atoms with E-state index >= 15 is 0 Å². The average Bonchev–Trinajstić information content (AvgIpc) is 3.48. The Bertz CT molecular complexity index is 851. The lowest BCUT2D eigenvalue weighted by Crippen LogP contribution is -2.04. The van der Waals surface area contributed by atoms with Gasteiger partial charge >= 0.3 is 6.61 Å². The van der Waals surface area contributed by atoms with Gasteiger partial charge in [-0.3, -0.25) is 4.39 Å². The van der Waals surface area contributed by atoms with E-state index in [1.54, 1.807) is 12.1 Å². The highest BCUT2D eigenvalue weighted by molar-refractivity contribution is 5.50. The van der Waals surface area contributed by atoms with Crippen molar-refractivity contribution in [2.24, 2.45) is 0 Å². The maximum atomic E-state index is 13.7. The highest BCUT2D eigenvalue weighted by Crippen LogP contribution is 2.44. The van der Waals surface area contributed by atoms with Crippen LogP contribution in [0.2, 0.25) is 0 Å². The number of benzene rings is 2. The summed E-state index contributed by atoms with van der Waals surface area (Å²) in [5.41, 5.74) is 1.92. The van der Waals surface area contributed by atoms with E-state index < -0.39 is 19.1 Å². The molecule has 2 aromatic carbocycles. The van der Waals surface area contributed by atoms with Crippen molar-refractivity contribution in [3.8, 4) is 23.3 Å². The molecule has 0 bridgehead atoms. The third-order valence-electron chi connectivity index (χ3n) is 4.06. The van der Waals surface area contributed by atoms with E-state index in [-0.39, 0.29) is 30.4 Å². The van der Waals surface area contributed by atoms with Gasteiger partial charge in [-0.05, 0) is 60.7 Å². The fraction of sp³-hybridized carbons (Fsp3) is 0.333. The fourth-order valence-electron chi connectivity index (χ4n) is 2.62. The Kier molecular flexibility index (Phi) is 6.23. The summed E-state index contributed by atoms with van der Waals surface area (Å²) < 4.78 is 60.7. The lowest BCUT2D eigenvalue weighted by atomic mass is 10.1. The smallest absolute Gasteiger partial charge is 0.387 e. The van der Waals surface area contributed by atoms with E-state index in [0.29, 0.717) is 11.1 Å². The summed E-state index contributed by atoms with van der Waals surface area (Å²) in [6.45, 7) is -3.31. The maximum absolute atomic E-state index is 13.7. The predicted octanol–water partition coefficient (Wildman–Crippen LogP) is 5.44. The van der Waals surface area contributed by atoms with Gasteiger partial charge in [-0.25, -0.2) is 4.39 Å². The summed E-state index contributed by atoms with van der Waals surface area (Å²) in [6.07, 6.45) is 2.06. The molecule has 0 amide bonds. The normalized spacial score (nSPS) is 13.2. The van der Waals surface area contributed by atoms with E-state index in [4.69, 9.17) is 4.74 Å². The van der Waals surface area contributed by atoms with Crippen molar-refractivity contribution in [3.05, 3.63) is 58.9 Å². The first kappa shape index (κ1) is 19.1. The van der Waals surface area contributed by atoms with Gasteiger partial charge in [0.2, 0.25) is 0 Å². The van der Waals surface area contributed by atoms with Crippen LogP contribution < -0.4 is 9.47 Å². The number of alkyl halides is 3. The molecular weight excluding hydrogens is 360 g/mol. The molecule has 0 unspecified atom stereocenters. The van der Waals surface area contributed by atoms with E-state index in [2.05, 4.69) is 16.6 Å². The zero-order chi connectivity index (χ0) is 19.2. The van der Waals surface area contributed by atoms with Crippen LogP contribution >= 0.6 is 0 Å². The lowest BCUT2D eigenvalue weighted by Gasteiger charge is -2.10. The van der Waals surface area contributed by atoms with Gasteiger partial charge in [-0.15, -0.1) is 0 Å². The Morgan fingerprint density at radius 3 is 2.37 bits per heavy atom. The lowest BCUT2D eigenvalue weighted by molar-refractivity contribution is -0.0504. The summed E-state index contributed by atoms with van der Waals surface area (Å²) in [5, 5.41) is 0. The molecule has 2 nitrogen and oxygen atoms in total. The van der Waals surface area contributed by atoms with Crippen LogP contribution in [0.1, 0.15) is 41.9 Å². The Morgan fingerprint density at radius 2 is 1.70 bits per heavy atom. The Hall–Kier alpha value is -2.68. The SMILES string of the molecule is FCCCOc1cc(C#Cc2ccc(OC(F)F)c(C3CC3)c2)ccc1F. The molecule has 0 radical (unpaired) electrons. The zero-order valence-corrected chi connectivity index (χ0v) is 14.5. The Labute approximate surface area is 155 Å². The van der Waals surface area contributed by atoms with Crippen molar-refractivity contribution < 1.29 is 27.0 Å². The van der Waals surface area contributed by atoms with Gasteiger partial charge < -0.3 is 9.47 Å². The van der Waals surface area contributed by atoms with Crippen molar-refractivity contribution >= 4 is 0 Å². The molecule has 0 aliphatic heterocycles. The first-order valence-electron chi connectivity index (χ1n) is 8.66. The third-order valence-corrected chi connectivity index (χ3v) is 4.06. The average molecular weight is 378 g/mol. The second kappa shape index (κ2) is 8.81. The minimum absolute atomic E-state index is 0.0228. The topological polar surface area (TPSA) is 18.5 Å². The molecule has 0 spiro atoms. The molecule has 142 valence electrons. The van der Waals surface area contributed by atoms with Crippen LogP contribution in [0.5, 0.6) is 11.5 Å². The van der Waals surface area contributed by atoms with Gasteiger partial charge in [0.05, 0.1) is 13.3 Å². The molecule has 0 saturated heterocycles. The summed E-state index contributed by atoms with van der Waals surface area (Å²) >= 11 is 0. The van der Waals surface area contributed by atoms with Crippen LogP contribution in [0.3, 0.4) is 0 Å². The van der Waals surface area contributed by atoms with Crippen molar-refractivity contribution in [1.29, 1.82) is 0 Å². The van der Waals surface area contributed by atoms with Crippen LogP contribution in [0, 0.1) is 17.7 Å². The first-order valence-corrected chi connectivity index (χ1v) is 8.66. The number of rotatable bonds is 7. The summed E-state index contributed by atoms with van der Waals surface area (Å²) in [5.74, 6) is 5.75. The summed E-state index contributed by atoms with van der Waals surface area (Å²) in [6, 6.07) is 9.07. The second-order valence-corrected chi connectivity index (χ2v) is 6.19. The number of ether oxygens (including phenoxy) is 2. The van der Waals surface area contributed by atoms with Gasteiger partial charge in [0.1, 0.15) is 5.75 Å². The molecule has 0 N–H and O–H groups in total. The quantitative estimate of drug-likeness (QED) is 0.363. The van der Waals surface area contributed by atoms with Crippen molar-refractivity contribution in [2.75, 3.05) is 13.3 Å². The van der Waals surface area contributed by atoms with Crippen molar-refractivity contribution in [3.63, 3.8) is 0 Å². The molecular formula is C21H18F4O2. The van der Waals surface area contributed by atoms with Gasteiger partial charge in [0.15, 0.2) is 11.6 Å². The number of hydrogen-bond acceptors (Lipinski definition) is 2. The van der Waals surface area contributed by atoms with Gasteiger partial charge in [0, 0.05) is 17.5 Å². The van der Waals surface area contributed by atoms with E-state index in [1.807, 2.05) is 0 Å². The fourth-order valence-corrected chi connectivity index (χ4v) is 2.62. The molecule has 0 aromatic heterocycles. The highest BCUT2D eigenvalue weighted by atomic mass is 19.3. The van der Waals surface area contributed by atoms with Crippen LogP contribution in [0.4, 0.5) is 17.6 Å².